The van der Waals surface area contributed by atoms with Gasteiger partial charge in [0.05, 0.1) is 11.7 Å². The Kier molecular flexibility index (Phi) is 37.4. The summed E-state index contributed by atoms with van der Waals surface area (Å²) in [7, 11) is 9.84. The van der Waals surface area contributed by atoms with Crippen molar-refractivity contribution in [3.8, 4) is 0 Å². The minimum Gasteiger partial charge on any atom is -0.396 e. The summed E-state index contributed by atoms with van der Waals surface area (Å²) in [4.78, 5) is 173. The summed E-state index contributed by atoms with van der Waals surface area (Å²) in [5, 5.41) is 44.2. The second-order valence-electron chi connectivity index (χ2n) is 28.9. The molecule has 0 aromatic rings. The topological polar surface area (TPSA) is 319 Å². The number of hydrogen-bond acceptors (Lipinski definition) is 15. The Labute approximate surface area is 573 Å². The van der Waals surface area contributed by atoms with E-state index in [0.29, 0.717) is 31.4 Å². The second kappa shape index (κ2) is 40.8. The zero-order valence-corrected chi connectivity index (χ0v) is 62.9. The monoisotopic (exact) mass is 1360 g/mol. The fraction of sp³-hybridized carbons (Fsp3) is 0.812. The van der Waals surface area contributed by atoms with Crippen LogP contribution in [-0.4, -0.2) is 260 Å². The first-order valence-corrected chi connectivity index (χ1v) is 35.4. The molecule has 13 atom stereocenters. The Morgan fingerprint density at radius 2 is 1.00 bits per heavy atom. The smallest absolute Gasteiger partial charge is 0.246 e. The number of thioether (sulfide) groups is 1. The van der Waals surface area contributed by atoms with Crippen LogP contribution in [0.4, 0.5) is 0 Å². The number of aliphatic hydroxyl groups is 3. The van der Waals surface area contributed by atoms with Crippen LogP contribution < -0.4 is 21.3 Å². The molecule has 1 saturated heterocycles. The predicted octanol–water partition coefficient (Wildman–Crippen LogP) is 4.04. The van der Waals surface area contributed by atoms with Gasteiger partial charge < -0.3 is 70.9 Å². The van der Waals surface area contributed by atoms with E-state index in [0.717, 1.165) is 9.80 Å². The van der Waals surface area contributed by atoms with Crippen molar-refractivity contribution >= 4 is 76.7 Å². The van der Waals surface area contributed by atoms with E-state index in [4.69, 9.17) is 0 Å². The number of nitrogens with zero attached hydrogens (tertiary/aromatic N) is 7. The van der Waals surface area contributed by atoms with E-state index >= 15 is 28.8 Å². The van der Waals surface area contributed by atoms with Gasteiger partial charge in [-0.3, -0.25) is 52.7 Å². The van der Waals surface area contributed by atoms with E-state index in [-0.39, 0.29) is 68.6 Å². The normalized spacial score (nSPS) is 26.3. The van der Waals surface area contributed by atoms with E-state index in [1.807, 2.05) is 41.5 Å². The van der Waals surface area contributed by atoms with E-state index in [1.165, 1.54) is 113 Å². The Hall–Kier alpha value is -5.86. The number of amides is 11. The summed E-state index contributed by atoms with van der Waals surface area (Å²) < 4.78 is 0. The first-order valence-electron chi connectivity index (χ1n) is 34.3. The van der Waals surface area contributed by atoms with Crippen molar-refractivity contribution in [3.63, 3.8) is 0 Å². The lowest BCUT2D eigenvalue weighted by atomic mass is 9.91. The van der Waals surface area contributed by atoms with Crippen LogP contribution in [0, 0.1) is 35.5 Å². The van der Waals surface area contributed by atoms with E-state index in [1.54, 1.807) is 60.6 Å². The van der Waals surface area contributed by atoms with E-state index in [9.17, 15) is 39.3 Å². The molecular formula is C69H125N11O14S. The van der Waals surface area contributed by atoms with Crippen molar-refractivity contribution in [3.05, 3.63) is 12.2 Å². The third-order valence-electron chi connectivity index (χ3n) is 17.9. The van der Waals surface area contributed by atoms with Crippen molar-refractivity contribution in [2.45, 2.75) is 260 Å². The van der Waals surface area contributed by atoms with Crippen LogP contribution in [0.3, 0.4) is 0 Å². The van der Waals surface area contributed by atoms with Crippen molar-refractivity contribution in [2.75, 3.05) is 67.4 Å². The van der Waals surface area contributed by atoms with Crippen LogP contribution in [-0.2, 0) is 52.7 Å². The molecule has 0 spiro atoms. The molecule has 0 radical (unpaired) electrons. The molecule has 0 bridgehead atoms. The number of carbonyl (C=O) groups excluding carboxylic acids is 11. The van der Waals surface area contributed by atoms with Crippen LogP contribution in [0.2, 0.25) is 0 Å². The minimum absolute atomic E-state index is 0.0113. The summed E-state index contributed by atoms with van der Waals surface area (Å²) >= 11 is 1.35. The van der Waals surface area contributed by atoms with Crippen LogP contribution in [0.5, 0.6) is 0 Å². The van der Waals surface area contributed by atoms with Gasteiger partial charge in [0.1, 0.15) is 66.5 Å². The molecule has 1 aliphatic heterocycles. The number of nitrogens with one attached hydrogen (secondary N) is 4. The number of allylic oxidation sites excluding steroid dienone is 2. The van der Waals surface area contributed by atoms with Crippen molar-refractivity contribution in [1.82, 2.24) is 55.6 Å². The molecule has 546 valence electrons. The van der Waals surface area contributed by atoms with Gasteiger partial charge in [-0.15, -0.1) is 0 Å². The fourth-order valence-corrected chi connectivity index (χ4v) is 12.9. The Morgan fingerprint density at radius 3 is 1.51 bits per heavy atom. The highest BCUT2D eigenvalue weighted by atomic mass is 32.2. The highest BCUT2D eigenvalue weighted by molar-refractivity contribution is 7.99. The number of rotatable bonds is 23. The molecular weight excluding hydrogens is 1240 g/mol. The van der Waals surface area contributed by atoms with Gasteiger partial charge in [-0.2, -0.15) is 11.8 Å². The average Bonchev–Trinajstić information content (AvgIpc) is 0.811. The highest BCUT2D eigenvalue weighted by Crippen LogP contribution is 2.27. The zero-order chi connectivity index (χ0) is 73.4. The number of aliphatic hydroxyl groups excluding tert-OH is 2. The molecule has 0 aliphatic carbocycles. The van der Waals surface area contributed by atoms with Gasteiger partial charge in [0.15, 0.2) is 0 Å². The van der Waals surface area contributed by atoms with Crippen molar-refractivity contribution in [1.29, 1.82) is 0 Å². The maximum absolute atomic E-state index is 15.4. The second-order valence-corrected chi connectivity index (χ2v) is 30.0. The van der Waals surface area contributed by atoms with E-state index in [2.05, 4.69) is 21.3 Å². The average molecular weight is 1360 g/mol. The van der Waals surface area contributed by atoms with Gasteiger partial charge in [0.25, 0.3) is 0 Å². The first kappa shape index (κ1) is 87.2. The van der Waals surface area contributed by atoms with Crippen molar-refractivity contribution in [2.24, 2.45) is 35.5 Å². The number of carbonyl (C=O) groups is 11. The van der Waals surface area contributed by atoms with Gasteiger partial charge in [0.2, 0.25) is 65.0 Å². The summed E-state index contributed by atoms with van der Waals surface area (Å²) in [6.45, 7) is 29.0. The maximum Gasteiger partial charge on any atom is 0.246 e. The van der Waals surface area contributed by atoms with E-state index < -0.39 is 161 Å². The molecule has 26 heteroatoms. The Morgan fingerprint density at radius 1 is 0.516 bits per heavy atom. The lowest BCUT2D eigenvalue weighted by Crippen LogP contribution is -2.64. The van der Waals surface area contributed by atoms with Gasteiger partial charge in [-0.05, 0) is 127 Å². The van der Waals surface area contributed by atoms with Crippen LogP contribution in [0.1, 0.15) is 182 Å². The molecule has 1 heterocycles. The number of likely N-dealkylation sites (N-methyl/N-ethyl adjacent to an activating group) is 7. The van der Waals surface area contributed by atoms with Crippen molar-refractivity contribution < 1.29 is 68.1 Å². The summed E-state index contributed by atoms with van der Waals surface area (Å²) in [6, 6.07) is -14.5. The molecule has 95 heavy (non-hydrogen) atoms. The Balaban J connectivity index is 4.58. The molecule has 25 nitrogen and oxygen atoms in total. The fourth-order valence-electron chi connectivity index (χ4n) is 11.8. The molecule has 1 aliphatic rings. The molecule has 0 unspecified atom stereocenters. The molecule has 0 aromatic heterocycles. The Bertz CT molecular complexity index is 2560. The largest absolute Gasteiger partial charge is 0.396 e. The third-order valence-corrected chi connectivity index (χ3v) is 19.1. The quantitative estimate of drug-likeness (QED) is 0.0561. The lowest BCUT2D eigenvalue weighted by Gasteiger charge is -2.41. The van der Waals surface area contributed by atoms with Gasteiger partial charge >= 0.3 is 0 Å². The first-order chi connectivity index (χ1) is 44.0. The summed E-state index contributed by atoms with van der Waals surface area (Å²) in [5.41, 5.74) is -1.60. The lowest BCUT2D eigenvalue weighted by molar-refractivity contribution is -0.157. The molecule has 11 amide bonds. The van der Waals surface area contributed by atoms with Crippen LogP contribution in [0.25, 0.3) is 0 Å². The van der Waals surface area contributed by atoms with Gasteiger partial charge in [-0.1, -0.05) is 102 Å². The zero-order valence-electron chi connectivity index (χ0n) is 62.1. The molecule has 1 rings (SSSR count). The van der Waals surface area contributed by atoms with Gasteiger partial charge in [-0.25, -0.2) is 0 Å². The number of unbranched alkanes of at least 4 members (excludes halogenated alkanes) is 2. The standard InChI is InChI=1S/C69H125N11O14S/c1-25-27-31-45(13)57(82)56-61(86)72-48(26-2)63(88)78(22)53(39-95-35-30-28-29-34-81)66(91)77(21)52(38-69(16,17)94)60(85)73-54(43(9)10)67(92)75(19)50(36-41(5)6)59(84)70-46(14)58(83)71-47(15)62(87)76(20)51(37-42(7)8)65(90)74(18)49(33-32-40(3)4)64(89)79(23)55(44(11)12)68(93)80(56)24/h25,27,40-57,81-82,94H,26,28-39H2,1-24H3,(H,70,84)(H,71,83)(H,72,86)(H,73,85)/b27-25+/t45-,46-,47+,48-,49-,50-,51-,52+,53+,54-,55-,56+,57-/m1/s1. The minimum atomic E-state index is -1.67. The molecule has 0 aromatic carbocycles. The third kappa shape index (κ3) is 26.2. The maximum atomic E-state index is 15.4. The number of hydrogen-bond donors (Lipinski definition) is 7. The summed E-state index contributed by atoms with van der Waals surface area (Å²) in [6.07, 6.45) is 4.66. The highest BCUT2D eigenvalue weighted by Gasteiger charge is 2.47. The molecule has 0 saturated carbocycles. The molecule has 7 N–H and O–H groups in total. The summed E-state index contributed by atoms with van der Waals surface area (Å²) in [5.74, 6) is -9.65. The van der Waals surface area contributed by atoms with Crippen LogP contribution >= 0.6 is 11.8 Å². The SMILES string of the molecule is C/C=C/C[C@@H](C)[C@@H](O)[C@H]1C(=O)N[C@H](CC)C(=O)N(C)[C@@H](CSCCCCCO)C(=O)N(C)[C@@H](CC(C)(C)O)C(=O)N[C@H](C(C)C)C(=O)N(C)[C@H](CC(C)C)C(=O)N[C@H](C)C(=O)N[C@@H](C)C(=O)N(C)[C@H](CC(C)C)C(=O)N(C)[C@H](CCC(C)C)C(=O)N(C)[C@H](C(C)C)C(=O)N1C. The molecule has 1 fully saturated rings. The van der Waals surface area contributed by atoms with Gasteiger partial charge in [0, 0.05) is 68.1 Å². The van der Waals surface area contributed by atoms with Crippen LogP contribution in [0.15, 0.2) is 12.2 Å². The predicted molar refractivity (Wildman–Crippen MR) is 372 cm³/mol.